The van der Waals surface area contributed by atoms with Crippen LogP contribution in [0, 0.1) is 23.1 Å². The van der Waals surface area contributed by atoms with Gasteiger partial charge in [0.05, 0.1) is 11.2 Å². The zero-order chi connectivity index (χ0) is 19.4. The maximum Gasteiger partial charge on any atom is 0.134 e. The Morgan fingerprint density at radius 1 is 1.37 bits per heavy atom. The van der Waals surface area contributed by atoms with E-state index in [-0.39, 0.29) is 5.82 Å². The fraction of sp³-hybridized carbons (Fsp3) is 0.500. The first kappa shape index (κ1) is 20.0. The number of aromatic nitrogens is 2. The standard InChI is InChI=1S/C20H28FN5S/c1-4-13-5-14(15-8-24-25-9-15)6-18(21)19(13)20(22)27-12-17-11-26(3)10-16(17)7-23-2/h5-6,8-9,16-17,22-23H,4,7,10-12H2,1-3H3,(H,24,25)/t16-,17-/m0/s1. The van der Waals surface area contributed by atoms with Gasteiger partial charge in [-0.25, -0.2) is 4.39 Å². The lowest BCUT2D eigenvalue weighted by Crippen LogP contribution is -2.26. The van der Waals surface area contributed by atoms with Gasteiger partial charge in [0, 0.05) is 36.2 Å². The molecule has 0 spiro atoms. The number of hydrogen-bond acceptors (Lipinski definition) is 5. The zero-order valence-corrected chi connectivity index (χ0v) is 17.0. The van der Waals surface area contributed by atoms with Crippen LogP contribution in [0.4, 0.5) is 4.39 Å². The fourth-order valence-corrected chi connectivity index (χ4v) is 5.02. The summed E-state index contributed by atoms with van der Waals surface area (Å²) < 4.78 is 14.9. The van der Waals surface area contributed by atoms with E-state index in [1.165, 1.54) is 17.8 Å². The van der Waals surface area contributed by atoms with Gasteiger partial charge in [0.15, 0.2) is 0 Å². The van der Waals surface area contributed by atoms with Gasteiger partial charge in [0.1, 0.15) is 5.82 Å². The van der Waals surface area contributed by atoms with Crippen molar-refractivity contribution in [1.82, 2.24) is 20.4 Å². The van der Waals surface area contributed by atoms with E-state index in [1.54, 1.807) is 12.4 Å². The number of H-pyrrole nitrogens is 1. The highest BCUT2D eigenvalue weighted by Gasteiger charge is 2.30. The van der Waals surface area contributed by atoms with Crippen LogP contribution >= 0.6 is 11.8 Å². The van der Waals surface area contributed by atoms with E-state index >= 15 is 0 Å². The number of likely N-dealkylation sites (tertiary alicyclic amines) is 1. The fourth-order valence-electron chi connectivity index (χ4n) is 3.89. The van der Waals surface area contributed by atoms with Crippen LogP contribution in [0.3, 0.4) is 0 Å². The number of hydrogen-bond donors (Lipinski definition) is 3. The van der Waals surface area contributed by atoms with Gasteiger partial charge in [-0.05, 0) is 56.1 Å². The second-order valence-electron chi connectivity index (χ2n) is 7.27. The van der Waals surface area contributed by atoms with Crippen LogP contribution in [-0.2, 0) is 6.42 Å². The first-order valence-electron chi connectivity index (χ1n) is 9.39. The summed E-state index contributed by atoms with van der Waals surface area (Å²) in [5.74, 6) is 1.63. The topological polar surface area (TPSA) is 67.8 Å². The second kappa shape index (κ2) is 8.99. The number of halogens is 1. The van der Waals surface area contributed by atoms with E-state index in [4.69, 9.17) is 5.41 Å². The van der Waals surface area contributed by atoms with Gasteiger partial charge in [0.25, 0.3) is 0 Å². The number of rotatable bonds is 7. The summed E-state index contributed by atoms with van der Waals surface area (Å²) >= 11 is 1.48. The van der Waals surface area contributed by atoms with Crippen molar-refractivity contribution < 1.29 is 4.39 Å². The first-order valence-corrected chi connectivity index (χ1v) is 10.4. The lowest BCUT2D eigenvalue weighted by atomic mass is 9.98. The minimum absolute atomic E-state index is 0.321. The summed E-state index contributed by atoms with van der Waals surface area (Å²) in [6.45, 7) is 5.10. The smallest absolute Gasteiger partial charge is 0.134 e. The summed E-state index contributed by atoms with van der Waals surface area (Å²) in [4.78, 5) is 2.34. The van der Waals surface area contributed by atoms with Crippen LogP contribution in [0.2, 0.25) is 0 Å². The quantitative estimate of drug-likeness (QED) is 0.502. The molecule has 1 aromatic carbocycles. The highest BCUT2D eigenvalue weighted by atomic mass is 32.2. The number of benzene rings is 1. The molecule has 1 aliphatic rings. The molecule has 0 amide bonds. The summed E-state index contributed by atoms with van der Waals surface area (Å²) in [5.41, 5.74) is 2.98. The largest absolute Gasteiger partial charge is 0.319 e. The SMILES string of the molecule is CCc1cc(-c2cn[nH]c2)cc(F)c1C(=N)SC[C@@H]1CN(C)C[C@@H]1CNC. The summed E-state index contributed by atoms with van der Waals surface area (Å²) in [7, 11) is 4.12. The maximum absolute atomic E-state index is 14.9. The minimum atomic E-state index is -0.321. The van der Waals surface area contributed by atoms with Crippen LogP contribution < -0.4 is 5.32 Å². The third kappa shape index (κ3) is 4.59. The van der Waals surface area contributed by atoms with Crippen LogP contribution in [0.25, 0.3) is 11.1 Å². The van der Waals surface area contributed by atoms with Crippen molar-refractivity contribution in [3.63, 3.8) is 0 Å². The van der Waals surface area contributed by atoms with E-state index in [0.29, 0.717) is 28.9 Å². The van der Waals surface area contributed by atoms with E-state index in [1.807, 2.05) is 20.0 Å². The molecule has 0 bridgehead atoms. The van der Waals surface area contributed by atoms with Crippen LogP contribution in [0.15, 0.2) is 24.5 Å². The lowest BCUT2D eigenvalue weighted by Gasteiger charge is -2.18. The zero-order valence-electron chi connectivity index (χ0n) is 16.2. The first-order chi connectivity index (χ1) is 13.0. The molecule has 1 fully saturated rings. The molecule has 3 N–H and O–H groups in total. The van der Waals surface area contributed by atoms with Gasteiger partial charge < -0.3 is 10.2 Å². The van der Waals surface area contributed by atoms with E-state index in [2.05, 4.69) is 27.5 Å². The third-order valence-corrected chi connectivity index (χ3v) is 6.37. The monoisotopic (exact) mass is 389 g/mol. The summed E-state index contributed by atoms with van der Waals surface area (Å²) in [5, 5.41) is 18.8. The average molecular weight is 390 g/mol. The molecule has 0 unspecified atom stereocenters. The Morgan fingerprint density at radius 2 is 2.15 bits per heavy atom. The van der Waals surface area contributed by atoms with Crippen LogP contribution in [0.5, 0.6) is 0 Å². The molecule has 1 aliphatic heterocycles. The molecule has 2 atom stereocenters. The molecule has 0 aliphatic carbocycles. The van der Waals surface area contributed by atoms with Crippen molar-refractivity contribution in [3.05, 3.63) is 41.5 Å². The third-order valence-electron chi connectivity index (χ3n) is 5.28. The molecule has 1 saturated heterocycles. The van der Waals surface area contributed by atoms with Gasteiger partial charge in [-0.1, -0.05) is 13.0 Å². The highest BCUT2D eigenvalue weighted by Crippen LogP contribution is 2.30. The molecule has 0 radical (unpaired) electrons. The Labute approximate surface area is 164 Å². The lowest BCUT2D eigenvalue weighted by molar-refractivity contribution is 0.392. The molecule has 2 aromatic rings. The average Bonchev–Trinajstić information content (AvgIpc) is 3.29. The Kier molecular flexibility index (Phi) is 6.68. The number of aryl methyl sites for hydroxylation is 1. The molecule has 2 heterocycles. The van der Waals surface area contributed by atoms with Gasteiger partial charge in [-0.15, -0.1) is 11.8 Å². The molecule has 3 rings (SSSR count). The Bertz CT molecular complexity index is 777. The van der Waals surface area contributed by atoms with E-state index in [0.717, 1.165) is 42.1 Å². The summed E-state index contributed by atoms with van der Waals surface area (Å²) in [6, 6.07) is 3.49. The van der Waals surface area contributed by atoms with Crippen molar-refractivity contribution >= 4 is 16.8 Å². The maximum atomic E-state index is 14.9. The van der Waals surface area contributed by atoms with Crippen molar-refractivity contribution in [2.45, 2.75) is 13.3 Å². The second-order valence-corrected chi connectivity index (χ2v) is 8.30. The Morgan fingerprint density at radius 3 is 2.81 bits per heavy atom. The molecular weight excluding hydrogens is 361 g/mol. The predicted molar refractivity (Wildman–Crippen MR) is 111 cm³/mol. The number of thioether (sulfide) groups is 1. The van der Waals surface area contributed by atoms with Gasteiger partial charge >= 0.3 is 0 Å². The highest BCUT2D eigenvalue weighted by molar-refractivity contribution is 8.14. The van der Waals surface area contributed by atoms with Crippen molar-refractivity contribution in [1.29, 1.82) is 5.41 Å². The minimum Gasteiger partial charge on any atom is -0.319 e. The molecule has 146 valence electrons. The van der Waals surface area contributed by atoms with Gasteiger partial charge in [-0.3, -0.25) is 10.5 Å². The van der Waals surface area contributed by atoms with E-state index < -0.39 is 0 Å². The molecule has 1 aromatic heterocycles. The van der Waals surface area contributed by atoms with Crippen LogP contribution in [0.1, 0.15) is 18.1 Å². The number of nitrogens with one attached hydrogen (secondary N) is 3. The Hall–Kier alpha value is -1.70. The van der Waals surface area contributed by atoms with Crippen molar-refractivity contribution in [2.24, 2.45) is 11.8 Å². The summed E-state index contributed by atoms with van der Waals surface area (Å²) in [6.07, 6.45) is 4.13. The predicted octanol–water partition coefficient (Wildman–Crippen LogP) is 3.23. The molecule has 27 heavy (non-hydrogen) atoms. The van der Waals surface area contributed by atoms with E-state index in [9.17, 15) is 4.39 Å². The van der Waals surface area contributed by atoms with Crippen molar-refractivity contribution in [3.8, 4) is 11.1 Å². The van der Waals surface area contributed by atoms with Gasteiger partial charge in [0.2, 0.25) is 0 Å². The molecule has 5 nitrogen and oxygen atoms in total. The number of aromatic amines is 1. The molecule has 0 saturated carbocycles. The molecular formula is C20H28FN5S. The normalized spacial score (nSPS) is 20.3. The van der Waals surface area contributed by atoms with Gasteiger partial charge in [-0.2, -0.15) is 5.10 Å². The molecule has 7 heteroatoms. The van der Waals surface area contributed by atoms with Crippen molar-refractivity contribution in [2.75, 3.05) is 39.5 Å². The van der Waals surface area contributed by atoms with Crippen LogP contribution in [-0.4, -0.2) is 59.6 Å². The number of nitrogens with zero attached hydrogens (tertiary/aromatic N) is 2. The Balaban J connectivity index is 1.74.